The average Bonchev–Trinajstić information content (AvgIpc) is 2.30. The van der Waals surface area contributed by atoms with Crippen molar-refractivity contribution in [2.75, 3.05) is 5.32 Å². The summed E-state index contributed by atoms with van der Waals surface area (Å²) in [6.45, 7) is 0. The van der Waals surface area contributed by atoms with Crippen LogP contribution in [0.5, 0.6) is 0 Å². The molecule has 1 unspecified atom stereocenters. The maximum Gasteiger partial charge on any atom is 0.354 e. The van der Waals surface area contributed by atoms with E-state index >= 15 is 0 Å². The maximum atomic E-state index is 11.4. The summed E-state index contributed by atoms with van der Waals surface area (Å²) in [5.41, 5.74) is 5.75. The van der Waals surface area contributed by atoms with Crippen LogP contribution in [0.15, 0.2) is 18.3 Å². The zero-order valence-electron chi connectivity index (χ0n) is 8.88. The molecule has 6 nitrogen and oxygen atoms in total. The van der Waals surface area contributed by atoms with Crippen molar-refractivity contribution < 1.29 is 14.7 Å². The molecule has 0 aromatic carbocycles. The Hall–Kier alpha value is -2.39. The third kappa shape index (κ3) is 3.59. The predicted octanol–water partition coefficient (Wildman–Crippen LogP) is 0.0689. The number of carbonyl (C=O) groups excluding carboxylic acids is 1. The molecule has 0 fully saturated rings. The third-order valence-corrected chi connectivity index (χ3v) is 1.92. The smallest absolute Gasteiger partial charge is 0.354 e. The van der Waals surface area contributed by atoms with Crippen molar-refractivity contribution in [2.45, 2.75) is 12.5 Å². The molecule has 4 N–H and O–H groups in total. The van der Waals surface area contributed by atoms with Gasteiger partial charge in [0.1, 0.15) is 5.69 Å². The van der Waals surface area contributed by atoms with Gasteiger partial charge in [-0.25, -0.2) is 9.78 Å². The Morgan fingerprint density at radius 3 is 2.76 bits per heavy atom. The van der Waals surface area contributed by atoms with E-state index in [4.69, 9.17) is 17.3 Å². The van der Waals surface area contributed by atoms with Crippen LogP contribution < -0.4 is 11.1 Å². The zero-order valence-corrected chi connectivity index (χ0v) is 8.88. The van der Waals surface area contributed by atoms with E-state index in [0.29, 0.717) is 5.69 Å². The number of carboxylic acids is 1. The summed E-state index contributed by atoms with van der Waals surface area (Å²) in [5, 5.41) is 11.1. The molecule has 1 rings (SSSR count). The third-order valence-electron chi connectivity index (χ3n) is 1.92. The van der Waals surface area contributed by atoms with Crippen molar-refractivity contribution in [3.63, 3.8) is 0 Å². The van der Waals surface area contributed by atoms with Crippen molar-refractivity contribution in [3.05, 3.63) is 24.0 Å². The molecule has 0 aliphatic carbocycles. The number of nitrogens with two attached hydrogens (primary N) is 1. The van der Waals surface area contributed by atoms with Crippen molar-refractivity contribution in [3.8, 4) is 12.3 Å². The van der Waals surface area contributed by atoms with Gasteiger partial charge in [0, 0.05) is 6.42 Å². The summed E-state index contributed by atoms with van der Waals surface area (Å²) in [4.78, 5) is 25.6. The second-order valence-corrected chi connectivity index (χ2v) is 3.24. The highest BCUT2D eigenvalue weighted by Gasteiger charge is 2.12. The van der Waals surface area contributed by atoms with E-state index in [2.05, 4.69) is 16.2 Å². The normalized spacial score (nSPS) is 11.3. The van der Waals surface area contributed by atoms with Crippen LogP contribution in [0.25, 0.3) is 0 Å². The van der Waals surface area contributed by atoms with Gasteiger partial charge in [0.2, 0.25) is 5.91 Å². The maximum absolute atomic E-state index is 11.4. The van der Waals surface area contributed by atoms with Crippen LogP contribution >= 0.6 is 0 Å². The van der Waals surface area contributed by atoms with E-state index in [1.165, 1.54) is 18.3 Å². The molecule has 1 aromatic heterocycles. The van der Waals surface area contributed by atoms with Gasteiger partial charge < -0.3 is 16.2 Å². The number of rotatable bonds is 4. The summed E-state index contributed by atoms with van der Waals surface area (Å²) in [7, 11) is 0. The molecular formula is C11H11N3O3. The number of aromatic nitrogens is 1. The highest BCUT2D eigenvalue weighted by molar-refractivity contribution is 5.95. The van der Waals surface area contributed by atoms with Crippen LogP contribution in [0.4, 0.5) is 5.69 Å². The first kappa shape index (κ1) is 12.7. The standard InChI is InChI=1S/C11H11N3O3/c1-2-3-8(12)10(15)14-7-4-5-9(11(16)17)13-6-7/h1,4-6,8H,3,12H2,(H,14,15)(H,16,17). The lowest BCUT2D eigenvalue weighted by Crippen LogP contribution is -2.35. The van der Waals surface area contributed by atoms with Gasteiger partial charge >= 0.3 is 5.97 Å². The van der Waals surface area contributed by atoms with Gasteiger partial charge in [-0.1, -0.05) is 0 Å². The highest BCUT2D eigenvalue weighted by atomic mass is 16.4. The van der Waals surface area contributed by atoms with E-state index in [9.17, 15) is 9.59 Å². The number of carbonyl (C=O) groups is 2. The number of pyridine rings is 1. The average molecular weight is 233 g/mol. The number of terminal acetylenes is 1. The second kappa shape index (κ2) is 5.63. The van der Waals surface area contributed by atoms with Crippen molar-refractivity contribution in [1.29, 1.82) is 0 Å². The number of amides is 1. The number of nitrogens with zero attached hydrogens (tertiary/aromatic N) is 1. The fourth-order valence-electron chi connectivity index (χ4n) is 1.05. The minimum atomic E-state index is -1.13. The van der Waals surface area contributed by atoms with Crippen molar-refractivity contribution in [2.24, 2.45) is 5.73 Å². The van der Waals surface area contributed by atoms with E-state index in [1.807, 2.05) is 0 Å². The minimum absolute atomic E-state index is 0.101. The predicted molar refractivity (Wildman–Crippen MR) is 61.3 cm³/mol. The lowest BCUT2D eigenvalue weighted by atomic mass is 10.2. The Bertz CT molecular complexity index is 462. The van der Waals surface area contributed by atoms with Crippen LogP contribution in [0.2, 0.25) is 0 Å². The summed E-state index contributed by atoms with van der Waals surface area (Å²) >= 11 is 0. The Labute approximate surface area is 97.8 Å². The van der Waals surface area contributed by atoms with Gasteiger partial charge in [0.25, 0.3) is 0 Å². The Balaban J connectivity index is 2.67. The molecule has 0 aliphatic rings. The molecule has 0 saturated carbocycles. The first-order chi connectivity index (χ1) is 8.04. The lowest BCUT2D eigenvalue weighted by molar-refractivity contribution is -0.117. The first-order valence-electron chi connectivity index (χ1n) is 4.74. The first-order valence-corrected chi connectivity index (χ1v) is 4.74. The van der Waals surface area contributed by atoms with Crippen LogP contribution in [-0.2, 0) is 4.79 Å². The Morgan fingerprint density at radius 1 is 1.59 bits per heavy atom. The second-order valence-electron chi connectivity index (χ2n) is 3.24. The van der Waals surface area contributed by atoms with Gasteiger partial charge in [-0.05, 0) is 12.1 Å². The van der Waals surface area contributed by atoms with Gasteiger partial charge in [0.05, 0.1) is 17.9 Å². The van der Waals surface area contributed by atoms with Crippen LogP contribution in [0.3, 0.4) is 0 Å². The minimum Gasteiger partial charge on any atom is -0.477 e. The molecule has 0 aliphatic heterocycles. The SMILES string of the molecule is C#CCC(N)C(=O)Nc1ccc(C(=O)O)nc1. The zero-order chi connectivity index (χ0) is 12.8. The molecule has 17 heavy (non-hydrogen) atoms. The number of hydrogen-bond donors (Lipinski definition) is 3. The number of anilines is 1. The quantitative estimate of drug-likeness (QED) is 0.638. The van der Waals surface area contributed by atoms with Crippen molar-refractivity contribution in [1.82, 2.24) is 4.98 Å². The lowest BCUT2D eigenvalue weighted by Gasteiger charge is -2.09. The Morgan fingerprint density at radius 2 is 2.29 bits per heavy atom. The number of hydrogen-bond acceptors (Lipinski definition) is 4. The fraction of sp³-hybridized carbons (Fsp3) is 0.182. The molecule has 0 bridgehead atoms. The molecule has 6 heteroatoms. The molecule has 1 amide bonds. The van der Waals surface area contributed by atoms with E-state index in [-0.39, 0.29) is 12.1 Å². The summed E-state index contributed by atoms with van der Waals surface area (Å²) in [5.74, 6) is 0.709. The van der Waals surface area contributed by atoms with Crippen molar-refractivity contribution >= 4 is 17.6 Å². The summed E-state index contributed by atoms with van der Waals surface area (Å²) < 4.78 is 0. The molecule has 1 atom stereocenters. The molecule has 0 spiro atoms. The van der Waals surface area contributed by atoms with Crippen LogP contribution in [0.1, 0.15) is 16.9 Å². The fourth-order valence-corrected chi connectivity index (χ4v) is 1.05. The highest BCUT2D eigenvalue weighted by Crippen LogP contribution is 2.06. The number of carboxylic acid groups (broad SMARTS) is 1. The topological polar surface area (TPSA) is 105 Å². The molecule has 0 saturated heterocycles. The van der Waals surface area contributed by atoms with Crippen LogP contribution in [-0.4, -0.2) is 28.0 Å². The number of aromatic carboxylic acids is 1. The molecule has 88 valence electrons. The van der Waals surface area contributed by atoms with E-state index in [0.717, 1.165) is 0 Å². The van der Waals surface area contributed by atoms with Gasteiger partial charge in [0.15, 0.2) is 0 Å². The van der Waals surface area contributed by atoms with E-state index < -0.39 is 17.9 Å². The molecule has 1 heterocycles. The number of nitrogens with one attached hydrogen (secondary N) is 1. The molecule has 0 radical (unpaired) electrons. The van der Waals surface area contributed by atoms with Gasteiger partial charge in [-0.15, -0.1) is 12.3 Å². The monoisotopic (exact) mass is 233 g/mol. The van der Waals surface area contributed by atoms with Crippen LogP contribution in [0, 0.1) is 12.3 Å². The van der Waals surface area contributed by atoms with Gasteiger partial charge in [-0.2, -0.15) is 0 Å². The molecular weight excluding hydrogens is 222 g/mol. The largest absolute Gasteiger partial charge is 0.477 e. The Kier molecular flexibility index (Phi) is 4.20. The van der Waals surface area contributed by atoms with Gasteiger partial charge in [-0.3, -0.25) is 4.79 Å². The summed E-state index contributed by atoms with van der Waals surface area (Å²) in [6, 6.07) is 1.92. The molecule has 1 aromatic rings. The summed E-state index contributed by atoms with van der Waals surface area (Å²) in [6.07, 6.45) is 6.40. The van der Waals surface area contributed by atoms with E-state index in [1.54, 1.807) is 0 Å².